The van der Waals surface area contributed by atoms with E-state index in [4.69, 9.17) is 4.74 Å². The molecule has 0 bridgehead atoms. The van der Waals surface area contributed by atoms with Crippen LogP contribution in [0.3, 0.4) is 0 Å². The zero-order valence-corrected chi connectivity index (χ0v) is 12.5. The van der Waals surface area contributed by atoms with Gasteiger partial charge < -0.3 is 10.1 Å². The number of ether oxygens (including phenoxy) is 1. The van der Waals surface area contributed by atoms with E-state index in [2.05, 4.69) is 24.1 Å². The fourth-order valence-electron chi connectivity index (χ4n) is 2.54. The Morgan fingerprint density at radius 3 is 2.78 bits per heavy atom. The molecule has 1 saturated carbocycles. The molecule has 1 aromatic rings. The Balaban J connectivity index is 1.96. The van der Waals surface area contributed by atoms with Crippen LogP contribution in [0, 0.1) is 5.92 Å². The standard InChI is InChI=1S/C14H24N2OS/c1-11(2)8-15-9-12-10-16-13(18-12)14(17-3)6-4-5-7-14/h10-11,15H,4-9H2,1-3H3. The van der Waals surface area contributed by atoms with Gasteiger partial charge in [0.2, 0.25) is 0 Å². The van der Waals surface area contributed by atoms with Gasteiger partial charge in [-0.1, -0.05) is 26.7 Å². The number of nitrogens with zero attached hydrogens (tertiary/aromatic N) is 1. The van der Waals surface area contributed by atoms with E-state index in [-0.39, 0.29) is 5.60 Å². The van der Waals surface area contributed by atoms with Gasteiger partial charge in [0.25, 0.3) is 0 Å². The summed E-state index contributed by atoms with van der Waals surface area (Å²) in [4.78, 5) is 5.91. The van der Waals surface area contributed by atoms with E-state index in [1.807, 2.05) is 13.3 Å². The Kier molecular flexibility index (Phi) is 4.76. The predicted octanol–water partition coefficient (Wildman–Crippen LogP) is 3.30. The smallest absolute Gasteiger partial charge is 0.125 e. The molecule has 1 aromatic heterocycles. The van der Waals surface area contributed by atoms with Crippen molar-refractivity contribution in [3.8, 4) is 0 Å². The van der Waals surface area contributed by atoms with Crippen molar-refractivity contribution in [1.29, 1.82) is 0 Å². The largest absolute Gasteiger partial charge is 0.371 e. The van der Waals surface area contributed by atoms with Crippen molar-refractivity contribution in [1.82, 2.24) is 10.3 Å². The van der Waals surface area contributed by atoms with Crippen molar-refractivity contribution in [2.75, 3.05) is 13.7 Å². The van der Waals surface area contributed by atoms with Crippen LogP contribution in [0.2, 0.25) is 0 Å². The highest BCUT2D eigenvalue weighted by molar-refractivity contribution is 7.11. The van der Waals surface area contributed by atoms with Gasteiger partial charge in [-0.15, -0.1) is 11.3 Å². The highest BCUT2D eigenvalue weighted by Crippen LogP contribution is 2.43. The first-order chi connectivity index (χ1) is 8.66. The summed E-state index contributed by atoms with van der Waals surface area (Å²) in [5, 5.41) is 4.64. The Labute approximate surface area is 114 Å². The second-order valence-electron chi connectivity index (χ2n) is 5.56. The van der Waals surface area contributed by atoms with Crippen LogP contribution < -0.4 is 5.32 Å². The second-order valence-corrected chi connectivity index (χ2v) is 6.68. The first kappa shape index (κ1) is 14.0. The third kappa shape index (κ3) is 3.11. The number of hydrogen-bond acceptors (Lipinski definition) is 4. The third-order valence-corrected chi connectivity index (χ3v) is 4.78. The molecule has 1 N–H and O–H groups in total. The Morgan fingerprint density at radius 1 is 1.44 bits per heavy atom. The van der Waals surface area contributed by atoms with Crippen LogP contribution in [-0.2, 0) is 16.9 Å². The minimum absolute atomic E-state index is 0.0824. The molecule has 0 unspecified atom stereocenters. The molecule has 1 heterocycles. The molecule has 0 atom stereocenters. The fraction of sp³-hybridized carbons (Fsp3) is 0.786. The van der Waals surface area contributed by atoms with Crippen LogP contribution in [-0.4, -0.2) is 18.6 Å². The maximum absolute atomic E-state index is 5.77. The number of rotatable bonds is 6. The van der Waals surface area contributed by atoms with E-state index in [9.17, 15) is 0 Å². The Hall–Kier alpha value is -0.450. The van der Waals surface area contributed by atoms with Crippen LogP contribution in [0.15, 0.2) is 6.20 Å². The van der Waals surface area contributed by atoms with Gasteiger partial charge in [-0.05, 0) is 25.3 Å². The molecule has 3 nitrogen and oxygen atoms in total. The highest BCUT2D eigenvalue weighted by atomic mass is 32.1. The van der Waals surface area contributed by atoms with Crippen molar-refractivity contribution in [2.45, 2.75) is 51.7 Å². The van der Waals surface area contributed by atoms with Crippen LogP contribution in [0.4, 0.5) is 0 Å². The van der Waals surface area contributed by atoms with Gasteiger partial charge >= 0.3 is 0 Å². The highest BCUT2D eigenvalue weighted by Gasteiger charge is 2.38. The Bertz CT molecular complexity index is 370. The SMILES string of the molecule is COC1(c2ncc(CNCC(C)C)s2)CCCC1. The maximum atomic E-state index is 5.77. The van der Waals surface area contributed by atoms with Crippen molar-refractivity contribution >= 4 is 11.3 Å². The van der Waals surface area contributed by atoms with Gasteiger partial charge in [0.15, 0.2) is 0 Å². The number of thiazole rings is 1. The van der Waals surface area contributed by atoms with E-state index in [1.165, 1.54) is 22.7 Å². The number of methoxy groups -OCH3 is 1. The molecule has 0 spiro atoms. The van der Waals surface area contributed by atoms with Crippen LogP contribution in [0.1, 0.15) is 49.4 Å². The average molecular weight is 268 g/mol. The normalized spacial score (nSPS) is 18.7. The molecular formula is C14H24N2OS. The summed E-state index contributed by atoms with van der Waals surface area (Å²) in [6.45, 7) is 6.44. The quantitative estimate of drug-likeness (QED) is 0.859. The molecular weight excluding hydrogens is 244 g/mol. The van der Waals surface area contributed by atoms with Crippen LogP contribution >= 0.6 is 11.3 Å². The molecule has 0 amide bonds. The zero-order chi connectivity index (χ0) is 13.0. The fourth-order valence-corrected chi connectivity index (χ4v) is 3.64. The molecule has 0 aromatic carbocycles. The lowest BCUT2D eigenvalue weighted by molar-refractivity contribution is -0.00885. The monoisotopic (exact) mass is 268 g/mol. The van der Waals surface area contributed by atoms with E-state index in [1.54, 1.807) is 11.3 Å². The summed E-state index contributed by atoms with van der Waals surface area (Å²) in [6, 6.07) is 0. The second kappa shape index (κ2) is 6.13. The lowest BCUT2D eigenvalue weighted by atomic mass is 10.0. The Morgan fingerprint density at radius 2 is 2.17 bits per heavy atom. The van der Waals surface area contributed by atoms with Crippen molar-refractivity contribution in [3.05, 3.63) is 16.1 Å². The molecule has 1 aliphatic carbocycles. The lowest BCUT2D eigenvalue weighted by Gasteiger charge is -2.24. The molecule has 1 aliphatic rings. The van der Waals surface area contributed by atoms with Crippen molar-refractivity contribution in [2.24, 2.45) is 5.92 Å². The first-order valence-corrected chi connectivity index (χ1v) is 7.69. The van der Waals surface area contributed by atoms with Gasteiger partial charge in [-0.25, -0.2) is 4.98 Å². The van der Waals surface area contributed by atoms with Crippen LogP contribution in [0.25, 0.3) is 0 Å². The molecule has 18 heavy (non-hydrogen) atoms. The van der Waals surface area contributed by atoms with E-state index in [0.29, 0.717) is 5.92 Å². The van der Waals surface area contributed by atoms with Gasteiger partial charge in [0.05, 0.1) is 0 Å². The summed E-state index contributed by atoms with van der Waals surface area (Å²) < 4.78 is 5.77. The minimum atomic E-state index is -0.0824. The molecule has 1 fully saturated rings. The molecule has 0 aliphatic heterocycles. The predicted molar refractivity (Wildman–Crippen MR) is 75.8 cm³/mol. The molecule has 0 radical (unpaired) electrons. The lowest BCUT2D eigenvalue weighted by Crippen LogP contribution is -2.23. The van der Waals surface area contributed by atoms with E-state index >= 15 is 0 Å². The summed E-state index contributed by atoms with van der Waals surface area (Å²) in [5.41, 5.74) is -0.0824. The van der Waals surface area contributed by atoms with Gasteiger partial charge in [-0.2, -0.15) is 0 Å². The average Bonchev–Trinajstić information content (AvgIpc) is 2.97. The first-order valence-electron chi connectivity index (χ1n) is 6.87. The molecule has 4 heteroatoms. The maximum Gasteiger partial charge on any atom is 0.125 e. The van der Waals surface area contributed by atoms with Crippen molar-refractivity contribution in [3.63, 3.8) is 0 Å². The molecule has 102 valence electrons. The summed E-state index contributed by atoms with van der Waals surface area (Å²) in [5.74, 6) is 0.692. The minimum Gasteiger partial charge on any atom is -0.371 e. The van der Waals surface area contributed by atoms with Crippen molar-refractivity contribution < 1.29 is 4.74 Å². The number of aromatic nitrogens is 1. The topological polar surface area (TPSA) is 34.1 Å². The summed E-state index contributed by atoms with van der Waals surface area (Å²) in [6.07, 6.45) is 6.76. The van der Waals surface area contributed by atoms with Gasteiger partial charge in [0, 0.05) is 24.7 Å². The van der Waals surface area contributed by atoms with E-state index < -0.39 is 0 Å². The van der Waals surface area contributed by atoms with Gasteiger partial charge in [0.1, 0.15) is 10.6 Å². The molecule has 0 saturated heterocycles. The van der Waals surface area contributed by atoms with Gasteiger partial charge in [-0.3, -0.25) is 0 Å². The zero-order valence-electron chi connectivity index (χ0n) is 11.7. The summed E-state index contributed by atoms with van der Waals surface area (Å²) >= 11 is 1.81. The van der Waals surface area contributed by atoms with E-state index in [0.717, 1.165) is 25.9 Å². The number of hydrogen-bond donors (Lipinski definition) is 1. The molecule has 2 rings (SSSR count). The summed E-state index contributed by atoms with van der Waals surface area (Å²) in [7, 11) is 1.82. The number of nitrogens with one attached hydrogen (secondary N) is 1. The third-order valence-electron chi connectivity index (χ3n) is 3.60. The van der Waals surface area contributed by atoms with Crippen LogP contribution in [0.5, 0.6) is 0 Å².